The molecule has 4 aliphatic rings. The number of unbranched alkanes of at least 4 members (excludes halogenated alkanes) is 5. The third-order valence-electron chi connectivity index (χ3n) is 6.91. The highest BCUT2D eigenvalue weighted by Crippen LogP contribution is 2.60. The summed E-state index contributed by atoms with van der Waals surface area (Å²) in [6.07, 6.45) is 16.3. The van der Waals surface area contributed by atoms with Gasteiger partial charge in [-0.25, -0.2) is 5.43 Å². The van der Waals surface area contributed by atoms with Crippen LogP contribution in [-0.4, -0.2) is 11.6 Å². The van der Waals surface area contributed by atoms with Gasteiger partial charge in [0.15, 0.2) is 0 Å². The number of amides is 1. The largest absolute Gasteiger partial charge is 0.273 e. The quantitative estimate of drug-likeness (QED) is 0.341. The maximum absolute atomic E-state index is 12.0. The molecule has 0 aromatic rings. The number of hydrogen-bond donors (Lipinski definition) is 1. The van der Waals surface area contributed by atoms with Gasteiger partial charge in [-0.1, -0.05) is 39.0 Å². The minimum atomic E-state index is 0.106. The van der Waals surface area contributed by atoms with Crippen molar-refractivity contribution in [1.29, 1.82) is 0 Å². The van der Waals surface area contributed by atoms with Crippen molar-refractivity contribution in [1.82, 2.24) is 5.43 Å². The van der Waals surface area contributed by atoms with E-state index in [4.69, 9.17) is 0 Å². The Morgan fingerprint density at radius 3 is 2.08 bits per heavy atom. The molecule has 4 rings (SSSR count). The number of rotatable bonds is 9. The lowest BCUT2D eigenvalue weighted by Crippen LogP contribution is -2.49. The summed E-state index contributed by atoms with van der Waals surface area (Å²) in [5.41, 5.74) is 4.39. The van der Waals surface area contributed by atoms with E-state index in [0.717, 1.165) is 24.2 Å². The monoisotopic (exact) mass is 332 g/mol. The summed E-state index contributed by atoms with van der Waals surface area (Å²) in [6.45, 7) is 4.40. The topological polar surface area (TPSA) is 41.5 Å². The van der Waals surface area contributed by atoms with Gasteiger partial charge in [-0.2, -0.15) is 5.10 Å². The predicted molar refractivity (Wildman–Crippen MR) is 99.8 cm³/mol. The van der Waals surface area contributed by atoms with Crippen LogP contribution in [0.15, 0.2) is 5.10 Å². The molecule has 0 saturated heterocycles. The van der Waals surface area contributed by atoms with E-state index in [1.54, 1.807) is 0 Å². The maximum Gasteiger partial charge on any atom is 0.240 e. The molecule has 0 aromatic carbocycles. The Labute approximate surface area is 148 Å². The Morgan fingerprint density at radius 2 is 1.50 bits per heavy atom. The highest BCUT2D eigenvalue weighted by atomic mass is 16.2. The summed E-state index contributed by atoms with van der Waals surface area (Å²) in [5, 5.41) is 4.56. The number of carbonyl (C=O) groups is 1. The number of nitrogens with one attached hydrogen (secondary N) is 1. The molecule has 1 N–H and O–H groups in total. The van der Waals surface area contributed by atoms with Crippen molar-refractivity contribution in [2.45, 2.75) is 97.3 Å². The zero-order valence-electron chi connectivity index (χ0n) is 15.8. The van der Waals surface area contributed by atoms with Gasteiger partial charge >= 0.3 is 0 Å². The summed E-state index contributed by atoms with van der Waals surface area (Å²) in [6, 6.07) is 0. The van der Waals surface area contributed by atoms with E-state index in [9.17, 15) is 4.79 Å². The van der Waals surface area contributed by atoms with Gasteiger partial charge < -0.3 is 0 Å². The Morgan fingerprint density at radius 1 is 0.958 bits per heavy atom. The third kappa shape index (κ3) is 4.21. The van der Waals surface area contributed by atoms with Crippen molar-refractivity contribution in [2.24, 2.45) is 28.3 Å². The van der Waals surface area contributed by atoms with E-state index in [1.165, 1.54) is 76.3 Å². The molecule has 4 aliphatic carbocycles. The Hall–Kier alpha value is -0.860. The van der Waals surface area contributed by atoms with Crippen LogP contribution < -0.4 is 5.43 Å². The van der Waals surface area contributed by atoms with Crippen molar-refractivity contribution in [3.05, 3.63) is 0 Å². The molecule has 3 nitrogen and oxygen atoms in total. The normalized spacial score (nSPS) is 34.6. The average molecular weight is 333 g/mol. The SMILES string of the molecule is CCCCCCCCC(=O)N/N=C(\C)C12CC3CC(CC(C3)C1)C2. The van der Waals surface area contributed by atoms with Crippen molar-refractivity contribution >= 4 is 11.6 Å². The predicted octanol–water partition coefficient (Wildman–Crippen LogP) is 5.45. The number of nitrogens with zero attached hydrogens (tertiary/aromatic N) is 1. The fraction of sp³-hybridized carbons (Fsp3) is 0.905. The lowest BCUT2D eigenvalue weighted by Gasteiger charge is -2.56. The Kier molecular flexibility index (Phi) is 5.99. The van der Waals surface area contributed by atoms with Gasteiger partial charge in [0.25, 0.3) is 0 Å². The maximum atomic E-state index is 12.0. The second-order valence-corrected chi connectivity index (χ2v) is 8.95. The van der Waals surface area contributed by atoms with E-state index in [1.807, 2.05) is 0 Å². The van der Waals surface area contributed by atoms with Crippen LogP contribution in [-0.2, 0) is 4.79 Å². The molecule has 3 heteroatoms. The summed E-state index contributed by atoms with van der Waals surface area (Å²) in [7, 11) is 0. The van der Waals surface area contributed by atoms with Gasteiger partial charge in [0.2, 0.25) is 5.91 Å². The van der Waals surface area contributed by atoms with Crippen LogP contribution in [0.2, 0.25) is 0 Å². The second kappa shape index (κ2) is 8.01. The van der Waals surface area contributed by atoms with E-state index >= 15 is 0 Å². The first-order valence-electron chi connectivity index (χ1n) is 10.4. The van der Waals surface area contributed by atoms with Crippen LogP contribution in [0.3, 0.4) is 0 Å². The molecule has 0 aliphatic heterocycles. The number of hydrogen-bond acceptors (Lipinski definition) is 2. The molecule has 4 saturated carbocycles. The molecular formula is C21H36N2O. The molecule has 24 heavy (non-hydrogen) atoms. The van der Waals surface area contributed by atoms with Crippen molar-refractivity contribution < 1.29 is 4.79 Å². The first-order valence-corrected chi connectivity index (χ1v) is 10.4. The van der Waals surface area contributed by atoms with Gasteiger partial charge in [-0.05, 0) is 69.6 Å². The Bertz CT molecular complexity index is 433. The standard InChI is InChI=1S/C21H36N2O/c1-3-4-5-6-7-8-9-20(24)23-22-16(2)21-13-17-10-18(14-21)12-19(11-17)15-21/h17-19H,3-15H2,1-2H3,(H,23,24)/b22-16+. The van der Waals surface area contributed by atoms with Crippen LogP contribution in [0.1, 0.15) is 97.3 Å². The first kappa shape index (κ1) is 17.9. The summed E-state index contributed by atoms with van der Waals surface area (Å²) in [5.74, 6) is 2.90. The number of carbonyl (C=O) groups excluding carboxylic acids is 1. The zero-order chi connectivity index (χ0) is 17.0. The van der Waals surface area contributed by atoms with Crippen LogP contribution in [0.5, 0.6) is 0 Å². The molecule has 1 amide bonds. The summed E-state index contributed by atoms with van der Waals surface area (Å²) in [4.78, 5) is 12.0. The highest BCUT2D eigenvalue weighted by Gasteiger charge is 2.52. The van der Waals surface area contributed by atoms with Crippen LogP contribution >= 0.6 is 0 Å². The average Bonchev–Trinajstić information content (AvgIpc) is 2.54. The molecule has 0 aromatic heterocycles. The Balaban J connectivity index is 1.42. The third-order valence-corrected chi connectivity index (χ3v) is 6.91. The number of hydrazone groups is 1. The fourth-order valence-electron chi connectivity index (χ4n) is 5.94. The smallest absolute Gasteiger partial charge is 0.240 e. The van der Waals surface area contributed by atoms with Gasteiger partial charge in [0.05, 0.1) is 0 Å². The van der Waals surface area contributed by atoms with E-state index < -0.39 is 0 Å². The second-order valence-electron chi connectivity index (χ2n) is 8.95. The molecule has 0 spiro atoms. The molecule has 0 radical (unpaired) electrons. The lowest BCUT2D eigenvalue weighted by atomic mass is 9.48. The summed E-state index contributed by atoms with van der Waals surface area (Å²) >= 11 is 0. The molecule has 0 unspecified atom stereocenters. The summed E-state index contributed by atoms with van der Waals surface area (Å²) < 4.78 is 0. The van der Waals surface area contributed by atoms with Gasteiger partial charge in [-0.15, -0.1) is 0 Å². The minimum Gasteiger partial charge on any atom is -0.273 e. The first-order chi connectivity index (χ1) is 11.6. The van der Waals surface area contributed by atoms with Crippen LogP contribution in [0.25, 0.3) is 0 Å². The van der Waals surface area contributed by atoms with Gasteiger partial charge in [0, 0.05) is 17.5 Å². The van der Waals surface area contributed by atoms with Gasteiger partial charge in [0.1, 0.15) is 0 Å². The zero-order valence-corrected chi connectivity index (χ0v) is 15.8. The van der Waals surface area contributed by atoms with Crippen LogP contribution in [0, 0.1) is 23.2 Å². The van der Waals surface area contributed by atoms with Gasteiger partial charge in [-0.3, -0.25) is 4.79 Å². The van der Waals surface area contributed by atoms with E-state index in [2.05, 4.69) is 24.4 Å². The lowest BCUT2D eigenvalue weighted by molar-refractivity contribution is -0.121. The van der Waals surface area contributed by atoms with E-state index in [-0.39, 0.29) is 5.91 Å². The van der Waals surface area contributed by atoms with Crippen LogP contribution in [0.4, 0.5) is 0 Å². The molecular weight excluding hydrogens is 296 g/mol. The fourth-order valence-corrected chi connectivity index (χ4v) is 5.94. The van der Waals surface area contributed by atoms with Crippen molar-refractivity contribution in [3.8, 4) is 0 Å². The molecule has 4 bridgehead atoms. The van der Waals surface area contributed by atoms with E-state index in [0.29, 0.717) is 11.8 Å². The minimum absolute atomic E-state index is 0.106. The molecule has 0 atom stereocenters. The van der Waals surface area contributed by atoms with Crippen molar-refractivity contribution in [3.63, 3.8) is 0 Å². The molecule has 136 valence electrons. The molecule has 4 fully saturated rings. The highest BCUT2D eigenvalue weighted by molar-refractivity contribution is 5.89. The molecule has 0 heterocycles. The van der Waals surface area contributed by atoms with Crippen molar-refractivity contribution in [2.75, 3.05) is 0 Å².